The summed E-state index contributed by atoms with van der Waals surface area (Å²) in [5.41, 5.74) is 9.10. The molecule has 232 valence electrons. The molecule has 4 aliphatic rings. The Morgan fingerprint density at radius 2 is 1.36 bits per heavy atom. The van der Waals surface area contributed by atoms with Crippen LogP contribution in [0.4, 0.5) is 4.79 Å². The molecule has 44 heavy (non-hydrogen) atoms. The fourth-order valence-corrected chi connectivity index (χ4v) is 4.99. The molecular formula is C32H38N6O6. The van der Waals surface area contributed by atoms with Crippen LogP contribution in [0.15, 0.2) is 45.4 Å². The van der Waals surface area contributed by atoms with E-state index >= 15 is 0 Å². The van der Waals surface area contributed by atoms with Crippen molar-refractivity contribution in [2.24, 2.45) is 5.73 Å². The van der Waals surface area contributed by atoms with Crippen LogP contribution in [0, 0.1) is 0 Å². The number of nitrogens with two attached hydrogens (primary N) is 1. The first kappa shape index (κ1) is 29.6. The molecule has 1 amide bonds. The van der Waals surface area contributed by atoms with Crippen LogP contribution in [-0.4, -0.2) is 45.2 Å². The maximum absolute atomic E-state index is 12.0. The van der Waals surface area contributed by atoms with Crippen molar-refractivity contribution in [1.29, 1.82) is 0 Å². The third-order valence-electron chi connectivity index (χ3n) is 7.57. The number of carbonyl (C=O) groups excluding carboxylic acids is 1. The zero-order chi connectivity index (χ0) is 29.7. The zero-order valence-corrected chi connectivity index (χ0v) is 24.3. The molecule has 2 unspecified atom stereocenters. The molecule has 3 N–H and O–H groups in total. The summed E-state index contributed by atoms with van der Waals surface area (Å²) in [5, 5.41) is 10.9. The number of ether oxygens (including phenoxy) is 3. The summed E-state index contributed by atoms with van der Waals surface area (Å²) in [6.07, 6.45) is 4.10. The highest BCUT2D eigenvalue weighted by molar-refractivity contribution is 5.69. The van der Waals surface area contributed by atoms with E-state index in [-0.39, 0.29) is 19.5 Å². The third-order valence-corrected chi connectivity index (χ3v) is 7.57. The number of carbonyl (C=O) groups is 1. The van der Waals surface area contributed by atoms with Gasteiger partial charge in [0.15, 0.2) is 0 Å². The average molecular weight is 603 g/mol. The quantitative estimate of drug-likeness (QED) is 0.267. The van der Waals surface area contributed by atoms with Crippen molar-refractivity contribution in [3.05, 3.63) is 59.3 Å². The van der Waals surface area contributed by atoms with E-state index in [0.29, 0.717) is 42.6 Å². The fraction of sp³-hybridized carbons (Fsp3) is 0.469. The summed E-state index contributed by atoms with van der Waals surface area (Å²) < 4.78 is 27.1. The van der Waals surface area contributed by atoms with Crippen LogP contribution in [0.2, 0.25) is 0 Å². The van der Waals surface area contributed by atoms with Gasteiger partial charge in [0.05, 0.1) is 12.1 Å². The SMILES string of the molecule is C.CC(C)(C)OC(=O)NC1COc2cc(-c3noc(C4CC4)n3)ccc21.NC1COc2cc(-c3noc(C4CC4)n3)ccc21. The first-order chi connectivity index (χ1) is 20.7. The Bertz CT molecular complexity index is 1650. The molecule has 2 fully saturated rings. The highest BCUT2D eigenvalue weighted by atomic mass is 16.6. The second-order valence-electron chi connectivity index (χ2n) is 12.4. The summed E-state index contributed by atoms with van der Waals surface area (Å²) >= 11 is 0. The minimum atomic E-state index is -0.534. The monoisotopic (exact) mass is 602 g/mol. The van der Waals surface area contributed by atoms with Crippen molar-refractivity contribution in [1.82, 2.24) is 25.6 Å². The molecule has 2 aromatic carbocycles. The first-order valence-corrected chi connectivity index (χ1v) is 14.7. The normalized spacial score (nSPS) is 19.8. The second kappa shape index (κ2) is 11.6. The molecule has 0 saturated heterocycles. The number of rotatable bonds is 5. The highest BCUT2D eigenvalue weighted by Crippen LogP contribution is 2.41. The summed E-state index contributed by atoms with van der Waals surface area (Å²) in [5.74, 6) is 5.11. The number of alkyl carbamates (subject to hydrolysis) is 1. The van der Waals surface area contributed by atoms with Gasteiger partial charge in [0.1, 0.15) is 30.3 Å². The minimum Gasteiger partial charge on any atom is -0.491 e. The number of aromatic nitrogens is 4. The predicted octanol–water partition coefficient (Wildman–Crippen LogP) is 6.21. The molecule has 12 heteroatoms. The van der Waals surface area contributed by atoms with Gasteiger partial charge >= 0.3 is 6.09 Å². The van der Waals surface area contributed by atoms with E-state index in [0.717, 1.165) is 65.3 Å². The standard InChI is InChI=1S/C18H21N3O4.C13H13N3O2.CH4/c1-18(2,3)24-17(22)19-13-9-23-14-8-11(6-7-12(13)14)15-20-16(25-21-15)10-4-5-10;14-10-6-17-11-5-8(3-4-9(10)11)12-15-13(18-16-12)7-1-2-7;/h6-8,10,13H,4-5,9H2,1-3H3,(H,19,22);3-5,7,10H,1-2,6,14H2;1H4. The van der Waals surface area contributed by atoms with Crippen LogP contribution in [0.25, 0.3) is 22.8 Å². The van der Waals surface area contributed by atoms with Crippen LogP contribution in [0.1, 0.15) is 101 Å². The Morgan fingerprint density at radius 3 is 1.91 bits per heavy atom. The first-order valence-electron chi connectivity index (χ1n) is 14.7. The molecular weight excluding hydrogens is 564 g/mol. The minimum absolute atomic E-state index is 0. The van der Waals surface area contributed by atoms with Crippen molar-refractivity contribution in [3.63, 3.8) is 0 Å². The van der Waals surface area contributed by atoms with Crippen molar-refractivity contribution < 1.29 is 28.1 Å². The summed E-state index contributed by atoms with van der Waals surface area (Å²) in [4.78, 5) is 20.8. The van der Waals surface area contributed by atoms with E-state index in [1.54, 1.807) is 0 Å². The lowest BCUT2D eigenvalue weighted by Crippen LogP contribution is -2.35. The Balaban J connectivity index is 0.000000160. The molecule has 2 aliphatic carbocycles. The number of hydrogen-bond acceptors (Lipinski definition) is 11. The number of nitrogens with zero attached hydrogens (tertiary/aromatic N) is 4. The molecule has 0 radical (unpaired) electrons. The number of benzene rings is 2. The number of nitrogens with one attached hydrogen (secondary N) is 1. The molecule has 8 rings (SSSR count). The van der Waals surface area contributed by atoms with E-state index in [1.165, 1.54) is 0 Å². The fourth-order valence-electron chi connectivity index (χ4n) is 4.99. The van der Waals surface area contributed by atoms with Gasteiger partial charge in [-0.3, -0.25) is 0 Å². The van der Waals surface area contributed by atoms with Crippen LogP contribution < -0.4 is 20.5 Å². The van der Waals surface area contributed by atoms with Gasteiger partial charge in [-0.25, -0.2) is 4.79 Å². The van der Waals surface area contributed by atoms with Crippen molar-refractivity contribution in [3.8, 4) is 34.3 Å². The van der Waals surface area contributed by atoms with E-state index in [1.807, 2.05) is 57.2 Å². The van der Waals surface area contributed by atoms with E-state index in [9.17, 15) is 4.79 Å². The summed E-state index contributed by atoms with van der Waals surface area (Å²) in [7, 11) is 0. The van der Waals surface area contributed by atoms with E-state index in [4.69, 9.17) is 29.0 Å². The molecule has 0 bridgehead atoms. The molecule has 2 aliphatic heterocycles. The smallest absolute Gasteiger partial charge is 0.408 e. The van der Waals surface area contributed by atoms with E-state index in [2.05, 4.69) is 25.6 Å². The average Bonchev–Trinajstić information content (AvgIpc) is 3.81. The van der Waals surface area contributed by atoms with Gasteiger partial charge < -0.3 is 34.3 Å². The third kappa shape index (κ3) is 6.40. The van der Waals surface area contributed by atoms with Crippen LogP contribution in [-0.2, 0) is 4.74 Å². The van der Waals surface area contributed by atoms with Gasteiger partial charge in [0, 0.05) is 34.1 Å². The second-order valence-corrected chi connectivity index (χ2v) is 12.4. The van der Waals surface area contributed by atoms with Crippen LogP contribution in [0.3, 0.4) is 0 Å². The molecule has 2 atom stereocenters. The van der Waals surface area contributed by atoms with Crippen molar-refractivity contribution in [2.75, 3.05) is 13.2 Å². The largest absolute Gasteiger partial charge is 0.491 e. The van der Waals surface area contributed by atoms with Crippen molar-refractivity contribution in [2.45, 2.75) is 83.4 Å². The lowest BCUT2D eigenvalue weighted by atomic mass is 10.1. The summed E-state index contributed by atoms with van der Waals surface area (Å²) in [6.45, 7) is 6.41. The Labute approximate surface area is 255 Å². The van der Waals surface area contributed by atoms with Crippen LogP contribution >= 0.6 is 0 Å². The Morgan fingerprint density at radius 1 is 0.841 bits per heavy atom. The number of hydrogen-bond donors (Lipinski definition) is 2. The lowest BCUT2D eigenvalue weighted by Gasteiger charge is -2.21. The lowest BCUT2D eigenvalue weighted by molar-refractivity contribution is 0.0497. The number of fused-ring (bicyclic) bond motifs is 2. The topological polar surface area (TPSA) is 161 Å². The maximum Gasteiger partial charge on any atom is 0.408 e. The number of amides is 1. The van der Waals surface area contributed by atoms with Gasteiger partial charge in [0.2, 0.25) is 23.4 Å². The molecule has 0 spiro atoms. The van der Waals surface area contributed by atoms with Gasteiger partial charge in [-0.15, -0.1) is 0 Å². The van der Waals surface area contributed by atoms with Crippen LogP contribution in [0.5, 0.6) is 11.5 Å². The highest BCUT2D eigenvalue weighted by Gasteiger charge is 2.32. The van der Waals surface area contributed by atoms with E-state index < -0.39 is 11.7 Å². The Hall–Kier alpha value is -4.45. The predicted molar refractivity (Wildman–Crippen MR) is 160 cm³/mol. The maximum atomic E-state index is 12.0. The summed E-state index contributed by atoms with van der Waals surface area (Å²) in [6, 6.07) is 11.3. The van der Waals surface area contributed by atoms with Gasteiger partial charge in [-0.05, 0) is 58.6 Å². The van der Waals surface area contributed by atoms with Crippen molar-refractivity contribution >= 4 is 6.09 Å². The molecule has 4 aromatic rings. The molecule has 12 nitrogen and oxygen atoms in total. The Kier molecular flexibility index (Phi) is 7.79. The molecule has 2 saturated carbocycles. The van der Waals surface area contributed by atoms with Gasteiger partial charge in [0.25, 0.3) is 0 Å². The molecule has 2 aromatic heterocycles. The van der Waals surface area contributed by atoms with Gasteiger partial charge in [-0.1, -0.05) is 42.0 Å². The van der Waals surface area contributed by atoms with Gasteiger partial charge in [-0.2, -0.15) is 9.97 Å². The zero-order valence-electron chi connectivity index (χ0n) is 24.3. The molecule has 4 heterocycles.